The van der Waals surface area contributed by atoms with Crippen molar-refractivity contribution in [3.8, 4) is 0 Å². The van der Waals surface area contributed by atoms with Crippen LogP contribution in [0, 0.1) is 5.82 Å². The minimum absolute atomic E-state index is 0.170. The van der Waals surface area contributed by atoms with Crippen LogP contribution < -0.4 is 5.32 Å². The Morgan fingerprint density at radius 3 is 2.80 bits per heavy atom. The monoisotopic (exact) mass is 289 g/mol. The molecule has 0 unspecified atom stereocenters. The summed E-state index contributed by atoms with van der Waals surface area (Å²) in [6, 6.07) is 5.44. The molecule has 0 bridgehead atoms. The topological polar surface area (TPSA) is 12.0 Å². The van der Waals surface area contributed by atoms with Gasteiger partial charge in [-0.3, -0.25) is 0 Å². The van der Waals surface area contributed by atoms with Crippen molar-refractivity contribution in [2.75, 3.05) is 16.8 Å². The van der Waals surface area contributed by atoms with Crippen LogP contribution in [0.5, 0.6) is 0 Å². The standard InChI is InChI=1S/C11H13BrFNS/c12-8-1-2-10(13)11(7-8)14-9-3-5-15-6-4-9/h1-2,7,9,14H,3-6H2. The fourth-order valence-electron chi connectivity index (χ4n) is 1.67. The van der Waals surface area contributed by atoms with Crippen molar-refractivity contribution >= 4 is 33.4 Å². The minimum atomic E-state index is -0.170. The first-order valence-corrected chi connectivity index (χ1v) is 7.00. The van der Waals surface area contributed by atoms with E-state index < -0.39 is 0 Å². The van der Waals surface area contributed by atoms with E-state index in [0.29, 0.717) is 11.7 Å². The van der Waals surface area contributed by atoms with Crippen molar-refractivity contribution in [1.82, 2.24) is 0 Å². The number of hydrogen-bond acceptors (Lipinski definition) is 2. The molecule has 1 fully saturated rings. The van der Waals surface area contributed by atoms with Gasteiger partial charge in [0, 0.05) is 10.5 Å². The van der Waals surface area contributed by atoms with Crippen molar-refractivity contribution in [2.45, 2.75) is 18.9 Å². The predicted molar refractivity (Wildman–Crippen MR) is 68.1 cm³/mol. The highest BCUT2D eigenvalue weighted by Crippen LogP contribution is 2.24. The Balaban J connectivity index is 2.05. The second-order valence-corrected chi connectivity index (χ2v) is 5.80. The van der Waals surface area contributed by atoms with Gasteiger partial charge in [-0.15, -0.1) is 0 Å². The highest BCUT2D eigenvalue weighted by molar-refractivity contribution is 9.10. The maximum Gasteiger partial charge on any atom is 0.146 e. The Kier molecular flexibility index (Phi) is 3.92. The zero-order valence-electron chi connectivity index (χ0n) is 8.30. The van der Waals surface area contributed by atoms with Crippen LogP contribution in [0.4, 0.5) is 10.1 Å². The first-order chi connectivity index (χ1) is 7.25. The molecule has 0 atom stereocenters. The van der Waals surface area contributed by atoms with Crippen LogP contribution in [0.1, 0.15) is 12.8 Å². The molecule has 0 aromatic heterocycles. The van der Waals surface area contributed by atoms with Crippen LogP contribution in [0.15, 0.2) is 22.7 Å². The van der Waals surface area contributed by atoms with Gasteiger partial charge in [-0.1, -0.05) is 15.9 Å². The van der Waals surface area contributed by atoms with Gasteiger partial charge in [-0.25, -0.2) is 4.39 Å². The van der Waals surface area contributed by atoms with Crippen molar-refractivity contribution < 1.29 is 4.39 Å². The summed E-state index contributed by atoms with van der Waals surface area (Å²) in [4.78, 5) is 0. The van der Waals surface area contributed by atoms with E-state index in [0.717, 1.165) is 17.3 Å². The molecule has 0 saturated carbocycles. The molecule has 2 rings (SSSR count). The third-order valence-corrected chi connectivity index (χ3v) is 4.05. The highest BCUT2D eigenvalue weighted by atomic mass is 79.9. The molecular weight excluding hydrogens is 277 g/mol. The number of rotatable bonds is 2. The number of thioether (sulfide) groups is 1. The maximum absolute atomic E-state index is 13.4. The molecular formula is C11H13BrFNS. The van der Waals surface area contributed by atoms with E-state index in [1.165, 1.54) is 17.6 Å². The molecule has 1 aromatic carbocycles. The maximum atomic E-state index is 13.4. The molecule has 1 aromatic rings. The highest BCUT2D eigenvalue weighted by Gasteiger charge is 2.14. The molecule has 1 aliphatic rings. The summed E-state index contributed by atoms with van der Waals surface area (Å²) >= 11 is 5.32. The first kappa shape index (κ1) is 11.3. The zero-order chi connectivity index (χ0) is 10.7. The summed E-state index contributed by atoms with van der Waals surface area (Å²) in [6.45, 7) is 0. The summed E-state index contributed by atoms with van der Waals surface area (Å²) in [6.07, 6.45) is 2.24. The van der Waals surface area contributed by atoms with Gasteiger partial charge >= 0.3 is 0 Å². The Hall–Kier alpha value is -0.220. The van der Waals surface area contributed by atoms with Crippen molar-refractivity contribution in [1.29, 1.82) is 0 Å². The molecule has 82 valence electrons. The van der Waals surface area contributed by atoms with Crippen LogP contribution in [-0.4, -0.2) is 17.5 Å². The van der Waals surface area contributed by atoms with Gasteiger partial charge in [-0.2, -0.15) is 11.8 Å². The Morgan fingerprint density at radius 1 is 1.33 bits per heavy atom. The number of anilines is 1. The van der Waals surface area contributed by atoms with Gasteiger partial charge in [0.05, 0.1) is 5.69 Å². The van der Waals surface area contributed by atoms with E-state index in [9.17, 15) is 4.39 Å². The molecule has 0 radical (unpaired) electrons. The molecule has 1 nitrogen and oxygen atoms in total. The van der Waals surface area contributed by atoms with Crippen molar-refractivity contribution in [2.24, 2.45) is 0 Å². The lowest BCUT2D eigenvalue weighted by molar-refractivity contribution is 0.614. The number of halogens is 2. The van der Waals surface area contributed by atoms with Gasteiger partial charge in [0.1, 0.15) is 5.82 Å². The van der Waals surface area contributed by atoms with Gasteiger partial charge in [0.2, 0.25) is 0 Å². The summed E-state index contributed by atoms with van der Waals surface area (Å²) in [5.74, 6) is 2.18. The Labute approximate surface area is 102 Å². The normalized spacial score (nSPS) is 17.7. The van der Waals surface area contributed by atoms with Gasteiger partial charge in [0.15, 0.2) is 0 Å². The summed E-state index contributed by atoms with van der Waals surface area (Å²) in [5, 5.41) is 3.27. The molecule has 1 heterocycles. The third kappa shape index (κ3) is 3.11. The van der Waals surface area contributed by atoms with Crippen LogP contribution in [0.2, 0.25) is 0 Å². The minimum Gasteiger partial charge on any atom is -0.380 e. The summed E-state index contributed by atoms with van der Waals surface area (Å²) in [5.41, 5.74) is 0.612. The van der Waals surface area contributed by atoms with Gasteiger partial charge < -0.3 is 5.32 Å². The fraction of sp³-hybridized carbons (Fsp3) is 0.455. The lowest BCUT2D eigenvalue weighted by atomic mass is 10.1. The Bertz CT molecular complexity index is 339. The molecule has 0 amide bonds. The summed E-state index contributed by atoms with van der Waals surface area (Å²) in [7, 11) is 0. The zero-order valence-corrected chi connectivity index (χ0v) is 10.7. The molecule has 1 aliphatic heterocycles. The number of hydrogen-bond donors (Lipinski definition) is 1. The smallest absolute Gasteiger partial charge is 0.146 e. The molecule has 0 aliphatic carbocycles. The largest absolute Gasteiger partial charge is 0.380 e. The fourth-order valence-corrected chi connectivity index (χ4v) is 3.14. The average Bonchev–Trinajstić information content (AvgIpc) is 2.25. The second kappa shape index (κ2) is 5.21. The second-order valence-electron chi connectivity index (χ2n) is 3.66. The molecule has 1 N–H and O–H groups in total. The van der Waals surface area contributed by atoms with E-state index in [-0.39, 0.29) is 5.82 Å². The third-order valence-electron chi connectivity index (χ3n) is 2.51. The average molecular weight is 290 g/mol. The van der Waals surface area contributed by atoms with Gasteiger partial charge in [-0.05, 0) is 42.5 Å². The predicted octanol–water partition coefficient (Wildman–Crippen LogP) is 3.90. The van der Waals surface area contributed by atoms with Gasteiger partial charge in [0.25, 0.3) is 0 Å². The van der Waals surface area contributed by atoms with E-state index in [1.54, 1.807) is 12.1 Å². The van der Waals surface area contributed by atoms with E-state index in [1.807, 2.05) is 11.8 Å². The molecule has 0 spiro atoms. The van der Waals surface area contributed by atoms with E-state index >= 15 is 0 Å². The lowest BCUT2D eigenvalue weighted by Crippen LogP contribution is -2.24. The summed E-state index contributed by atoms with van der Waals surface area (Å²) < 4.78 is 14.3. The Morgan fingerprint density at radius 2 is 2.07 bits per heavy atom. The SMILES string of the molecule is Fc1ccc(Br)cc1NC1CCSCC1. The van der Waals surface area contributed by atoms with Crippen LogP contribution in [0.25, 0.3) is 0 Å². The molecule has 4 heteroatoms. The lowest BCUT2D eigenvalue weighted by Gasteiger charge is -2.23. The van der Waals surface area contributed by atoms with Crippen LogP contribution in [-0.2, 0) is 0 Å². The quantitative estimate of drug-likeness (QED) is 0.886. The van der Waals surface area contributed by atoms with E-state index in [4.69, 9.17) is 0 Å². The molecule has 1 saturated heterocycles. The van der Waals surface area contributed by atoms with Crippen LogP contribution >= 0.6 is 27.7 Å². The first-order valence-electron chi connectivity index (χ1n) is 5.05. The molecule has 15 heavy (non-hydrogen) atoms. The van der Waals surface area contributed by atoms with Crippen molar-refractivity contribution in [3.05, 3.63) is 28.5 Å². The number of nitrogens with one attached hydrogen (secondary N) is 1. The van der Waals surface area contributed by atoms with E-state index in [2.05, 4.69) is 21.2 Å². The van der Waals surface area contributed by atoms with Crippen LogP contribution in [0.3, 0.4) is 0 Å². The number of benzene rings is 1. The van der Waals surface area contributed by atoms with Crippen molar-refractivity contribution in [3.63, 3.8) is 0 Å².